The van der Waals surface area contributed by atoms with E-state index in [1.165, 1.54) is 0 Å². The summed E-state index contributed by atoms with van der Waals surface area (Å²) in [5.41, 5.74) is 0. The van der Waals surface area contributed by atoms with Gasteiger partial charge in [0.2, 0.25) is 0 Å². The average Bonchev–Trinajstić information content (AvgIpc) is 1.65. The Bertz CT molecular complexity index is 109. The normalized spacial score (nSPS) is 12.2. The molecular formula is CH4O5P2. The van der Waals surface area contributed by atoms with Gasteiger partial charge in [-0.25, -0.2) is 9.36 Å². The van der Waals surface area contributed by atoms with Gasteiger partial charge >= 0.3 is 14.4 Å². The van der Waals surface area contributed by atoms with Crippen molar-refractivity contribution in [2.45, 2.75) is 0 Å². The molecule has 2 unspecified atom stereocenters. The molecular weight excluding hydrogens is 154 g/mol. The molecule has 0 fully saturated rings. The molecule has 0 bridgehead atoms. The zero-order valence-electron chi connectivity index (χ0n) is 3.66. The summed E-state index contributed by atoms with van der Waals surface area (Å²) in [5, 5.41) is 0. The second-order valence-corrected chi connectivity index (χ2v) is 1.71. The zero-order chi connectivity index (χ0) is 6.57. The van der Waals surface area contributed by atoms with Gasteiger partial charge in [-0.2, -0.15) is 0 Å². The van der Waals surface area contributed by atoms with Crippen LogP contribution in [-0.2, 0) is 13.6 Å². The van der Waals surface area contributed by atoms with Gasteiger partial charge in [-0.3, -0.25) is 0 Å². The van der Waals surface area contributed by atoms with Gasteiger partial charge in [-0.1, -0.05) is 0 Å². The van der Waals surface area contributed by atoms with Crippen LogP contribution in [0.3, 0.4) is 0 Å². The average molecular weight is 158 g/mol. The largest absolute Gasteiger partial charge is 0.516 e. The van der Waals surface area contributed by atoms with Crippen molar-refractivity contribution in [2.75, 3.05) is 0 Å². The highest BCUT2D eigenvalue weighted by molar-refractivity contribution is 7.32. The van der Waals surface area contributed by atoms with Gasteiger partial charge in [0.25, 0.3) is 0 Å². The summed E-state index contributed by atoms with van der Waals surface area (Å²) in [6.07, 6.45) is -1.18. The first kappa shape index (κ1) is 7.89. The standard InChI is InChI=1S/CH4O5P2/c2-1(5-7)6-8(3)4/h8H,7H2,(H,3,4). The second-order valence-electron chi connectivity index (χ2n) is 0.736. The summed E-state index contributed by atoms with van der Waals surface area (Å²) in [7, 11) is -1.61. The van der Waals surface area contributed by atoms with E-state index in [1.54, 1.807) is 9.47 Å². The molecule has 0 aliphatic rings. The van der Waals surface area contributed by atoms with Gasteiger partial charge in [0.15, 0.2) is 0 Å². The molecule has 0 amide bonds. The van der Waals surface area contributed by atoms with Crippen molar-refractivity contribution < 1.29 is 23.3 Å². The van der Waals surface area contributed by atoms with Gasteiger partial charge in [-0.15, -0.1) is 0 Å². The number of rotatable bonds is 1. The highest BCUT2D eigenvalue weighted by atomic mass is 31.1. The van der Waals surface area contributed by atoms with Gasteiger partial charge < -0.3 is 13.9 Å². The first-order valence-corrected chi connectivity index (χ1v) is 3.22. The third kappa shape index (κ3) is 4.06. The highest BCUT2D eigenvalue weighted by Crippen LogP contribution is 2.15. The first-order valence-electron chi connectivity index (χ1n) is 1.48. The lowest BCUT2D eigenvalue weighted by atomic mass is 11.5. The predicted octanol–water partition coefficient (Wildman–Crippen LogP) is 0.312. The van der Waals surface area contributed by atoms with Crippen LogP contribution in [0, 0.1) is 0 Å². The third-order valence-electron chi connectivity index (χ3n) is 0.267. The lowest BCUT2D eigenvalue weighted by Gasteiger charge is -1.93. The minimum Gasteiger partial charge on any atom is -0.420 e. The molecule has 0 aliphatic carbocycles. The summed E-state index contributed by atoms with van der Waals surface area (Å²) in [6, 6.07) is 0. The molecule has 0 saturated carbocycles. The fraction of sp³-hybridized carbons (Fsp3) is 0. The summed E-state index contributed by atoms with van der Waals surface area (Å²) >= 11 is 0. The Labute approximate surface area is 48.2 Å². The summed E-state index contributed by atoms with van der Waals surface area (Å²) in [5.74, 6) is 0. The van der Waals surface area contributed by atoms with Gasteiger partial charge in [0.1, 0.15) is 0 Å². The molecule has 0 aromatic rings. The van der Waals surface area contributed by atoms with Gasteiger partial charge in [-0.05, 0) is 0 Å². The van der Waals surface area contributed by atoms with Crippen LogP contribution in [0.4, 0.5) is 4.79 Å². The SMILES string of the molecule is O=C(OP)O[PH](=O)O. The van der Waals surface area contributed by atoms with E-state index >= 15 is 0 Å². The van der Waals surface area contributed by atoms with Crippen LogP contribution in [-0.4, -0.2) is 11.0 Å². The molecule has 1 N–H and O–H groups in total. The molecule has 7 heteroatoms. The monoisotopic (exact) mass is 158 g/mol. The van der Waals surface area contributed by atoms with Crippen molar-refractivity contribution in [3.63, 3.8) is 0 Å². The predicted molar refractivity (Wildman–Crippen MR) is 28.5 cm³/mol. The quantitative estimate of drug-likeness (QED) is 0.556. The van der Waals surface area contributed by atoms with Crippen LogP contribution in [0.2, 0.25) is 0 Å². The Balaban J connectivity index is 3.40. The molecule has 2 atom stereocenters. The molecule has 8 heavy (non-hydrogen) atoms. The molecule has 0 rings (SSSR count). The topological polar surface area (TPSA) is 72.8 Å². The molecule has 0 saturated heterocycles. The minimum atomic E-state index is -3.18. The summed E-state index contributed by atoms with van der Waals surface area (Å²) < 4.78 is 17.0. The van der Waals surface area contributed by atoms with Crippen LogP contribution in [0.15, 0.2) is 0 Å². The van der Waals surface area contributed by atoms with Crippen LogP contribution in [0.5, 0.6) is 0 Å². The van der Waals surface area contributed by atoms with E-state index in [0.29, 0.717) is 0 Å². The van der Waals surface area contributed by atoms with E-state index in [0.717, 1.165) is 0 Å². The Morgan fingerprint density at radius 1 is 1.75 bits per heavy atom. The van der Waals surface area contributed by atoms with Gasteiger partial charge in [0.05, 0.1) is 9.47 Å². The van der Waals surface area contributed by atoms with Crippen molar-refractivity contribution in [3.8, 4) is 0 Å². The summed E-state index contributed by atoms with van der Waals surface area (Å²) in [6.45, 7) is 0. The number of carbonyl (C=O) groups excluding carboxylic acids is 1. The zero-order valence-corrected chi connectivity index (χ0v) is 5.81. The third-order valence-corrected chi connectivity index (χ3v) is 0.801. The molecule has 0 aliphatic heterocycles. The lowest BCUT2D eigenvalue weighted by Crippen LogP contribution is -1.92. The molecule has 5 nitrogen and oxygen atoms in total. The number of carbonyl (C=O) groups is 1. The van der Waals surface area contributed by atoms with E-state index in [1.807, 2.05) is 0 Å². The molecule has 0 aromatic heterocycles. The van der Waals surface area contributed by atoms with E-state index in [2.05, 4.69) is 9.05 Å². The van der Waals surface area contributed by atoms with Crippen molar-refractivity contribution in [1.29, 1.82) is 0 Å². The fourth-order valence-corrected chi connectivity index (χ4v) is 0.430. The Morgan fingerprint density at radius 3 is 2.38 bits per heavy atom. The van der Waals surface area contributed by atoms with E-state index in [-0.39, 0.29) is 0 Å². The molecule has 0 aromatic carbocycles. The number of hydrogen-bond donors (Lipinski definition) is 1. The van der Waals surface area contributed by atoms with Crippen molar-refractivity contribution in [1.82, 2.24) is 0 Å². The van der Waals surface area contributed by atoms with E-state index in [9.17, 15) is 9.36 Å². The summed E-state index contributed by atoms with van der Waals surface area (Å²) in [4.78, 5) is 17.7. The number of hydrogen-bond acceptors (Lipinski definition) is 4. The van der Waals surface area contributed by atoms with Crippen LogP contribution < -0.4 is 0 Å². The van der Waals surface area contributed by atoms with Crippen molar-refractivity contribution >= 4 is 23.9 Å². The lowest BCUT2D eigenvalue weighted by molar-refractivity contribution is 0.157. The Morgan fingerprint density at radius 2 is 2.25 bits per heavy atom. The maximum absolute atomic E-state index is 9.82. The minimum absolute atomic E-state index is 1.18. The van der Waals surface area contributed by atoms with Crippen molar-refractivity contribution in [2.24, 2.45) is 0 Å². The van der Waals surface area contributed by atoms with Crippen LogP contribution in [0.1, 0.15) is 0 Å². The van der Waals surface area contributed by atoms with E-state index in [4.69, 9.17) is 4.89 Å². The molecule has 0 radical (unpaired) electrons. The fourth-order valence-electron chi connectivity index (χ4n) is 0.0953. The smallest absolute Gasteiger partial charge is 0.420 e. The Hall–Kier alpha value is -0.110. The Kier molecular flexibility index (Phi) is 3.79. The molecule has 48 valence electrons. The molecule has 0 spiro atoms. The van der Waals surface area contributed by atoms with Crippen LogP contribution in [0.25, 0.3) is 0 Å². The highest BCUT2D eigenvalue weighted by Gasteiger charge is 2.01. The van der Waals surface area contributed by atoms with Crippen LogP contribution >= 0.6 is 17.7 Å². The van der Waals surface area contributed by atoms with Gasteiger partial charge in [0, 0.05) is 0 Å². The van der Waals surface area contributed by atoms with E-state index < -0.39 is 14.4 Å². The van der Waals surface area contributed by atoms with Crippen molar-refractivity contribution in [3.05, 3.63) is 0 Å². The second kappa shape index (κ2) is 3.84. The molecule has 0 heterocycles. The maximum Gasteiger partial charge on any atom is 0.516 e. The first-order chi connectivity index (χ1) is 3.66. The maximum atomic E-state index is 9.82.